The van der Waals surface area contributed by atoms with Crippen LogP contribution < -0.4 is 5.73 Å². The van der Waals surface area contributed by atoms with Gasteiger partial charge in [0, 0.05) is 18.6 Å². The van der Waals surface area contributed by atoms with Crippen molar-refractivity contribution in [3.63, 3.8) is 0 Å². The number of hydrogen-bond donors (Lipinski definition) is 1. The third-order valence-electron chi connectivity index (χ3n) is 2.10. The smallest absolute Gasteiger partial charge is 0.0575 e. The van der Waals surface area contributed by atoms with Crippen molar-refractivity contribution in [2.75, 3.05) is 13.7 Å². The second kappa shape index (κ2) is 3.32. The lowest BCUT2D eigenvalue weighted by molar-refractivity contribution is -0.177. The summed E-state index contributed by atoms with van der Waals surface area (Å²) in [5, 5.41) is 1.99. The standard InChI is InChI=1S/C7H16N2O/c1-3-9(10-2)7-4-6(8)5-7/h6-7H,3-5,8H2,1-2H3. The second-order valence-electron chi connectivity index (χ2n) is 2.80. The molecule has 0 atom stereocenters. The summed E-state index contributed by atoms with van der Waals surface area (Å²) in [7, 11) is 1.72. The molecule has 0 aromatic carbocycles. The Labute approximate surface area is 62.1 Å². The van der Waals surface area contributed by atoms with Gasteiger partial charge in [0.05, 0.1) is 7.11 Å². The molecule has 0 aliphatic heterocycles. The molecule has 0 bridgehead atoms. The minimum Gasteiger partial charge on any atom is -0.328 e. The van der Waals surface area contributed by atoms with Crippen molar-refractivity contribution in [2.24, 2.45) is 5.73 Å². The summed E-state index contributed by atoms with van der Waals surface area (Å²) in [5.74, 6) is 0. The Kier molecular flexibility index (Phi) is 2.65. The Bertz CT molecular complexity index is 97.8. The Morgan fingerprint density at radius 2 is 2.20 bits per heavy atom. The molecule has 1 aliphatic carbocycles. The van der Waals surface area contributed by atoms with Crippen LogP contribution in [0.15, 0.2) is 0 Å². The number of nitrogens with zero attached hydrogens (tertiary/aromatic N) is 1. The number of rotatable bonds is 3. The van der Waals surface area contributed by atoms with Gasteiger partial charge < -0.3 is 10.6 Å². The van der Waals surface area contributed by atoms with E-state index in [1.807, 2.05) is 5.06 Å². The molecule has 10 heavy (non-hydrogen) atoms. The minimum absolute atomic E-state index is 0.411. The van der Waals surface area contributed by atoms with Crippen molar-refractivity contribution in [2.45, 2.75) is 31.8 Å². The molecular weight excluding hydrogens is 128 g/mol. The molecule has 1 aliphatic rings. The van der Waals surface area contributed by atoms with Crippen molar-refractivity contribution >= 4 is 0 Å². The first-order chi connectivity index (χ1) is 4.77. The zero-order valence-corrected chi connectivity index (χ0v) is 6.71. The molecule has 1 rings (SSSR count). The van der Waals surface area contributed by atoms with E-state index in [0.29, 0.717) is 12.1 Å². The molecule has 0 aromatic rings. The van der Waals surface area contributed by atoms with Gasteiger partial charge in [-0.3, -0.25) is 0 Å². The van der Waals surface area contributed by atoms with Crippen LogP contribution in [0.3, 0.4) is 0 Å². The molecular formula is C7H16N2O. The fraction of sp³-hybridized carbons (Fsp3) is 1.00. The van der Waals surface area contributed by atoms with E-state index in [4.69, 9.17) is 10.6 Å². The van der Waals surface area contributed by atoms with Gasteiger partial charge in [0.25, 0.3) is 0 Å². The Morgan fingerprint density at radius 1 is 1.60 bits per heavy atom. The quantitative estimate of drug-likeness (QED) is 0.581. The van der Waals surface area contributed by atoms with Crippen molar-refractivity contribution in [3.8, 4) is 0 Å². The summed E-state index contributed by atoms with van der Waals surface area (Å²) in [6.45, 7) is 3.04. The van der Waals surface area contributed by atoms with Crippen LogP contribution in [-0.4, -0.2) is 30.8 Å². The van der Waals surface area contributed by atoms with E-state index in [1.54, 1.807) is 7.11 Å². The molecule has 3 nitrogen and oxygen atoms in total. The van der Waals surface area contributed by atoms with E-state index < -0.39 is 0 Å². The van der Waals surface area contributed by atoms with E-state index >= 15 is 0 Å². The predicted octanol–water partition coefficient (Wildman–Crippen LogP) is 0.359. The maximum Gasteiger partial charge on any atom is 0.0575 e. The molecule has 0 radical (unpaired) electrons. The van der Waals surface area contributed by atoms with Crippen LogP contribution >= 0.6 is 0 Å². The van der Waals surface area contributed by atoms with Gasteiger partial charge in [-0.25, -0.2) is 0 Å². The SMILES string of the molecule is CCN(OC)C1CC(N)C1. The first-order valence-corrected chi connectivity index (χ1v) is 3.84. The Balaban J connectivity index is 2.21. The average Bonchev–Trinajstić information content (AvgIpc) is 1.87. The van der Waals surface area contributed by atoms with E-state index in [0.717, 1.165) is 19.4 Å². The molecule has 3 heteroatoms. The van der Waals surface area contributed by atoms with Crippen LogP contribution in [0, 0.1) is 0 Å². The van der Waals surface area contributed by atoms with Gasteiger partial charge in [-0.05, 0) is 12.8 Å². The molecule has 0 aromatic heterocycles. The van der Waals surface area contributed by atoms with Gasteiger partial charge >= 0.3 is 0 Å². The van der Waals surface area contributed by atoms with Gasteiger partial charge in [0.15, 0.2) is 0 Å². The maximum absolute atomic E-state index is 5.63. The molecule has 0 saturated heterocycles. The molecule has 0 unspecified atom stereocenters. The van der Waals surface area contributed by atoms with Crippen LogP contribution in [0.1, 0.15) is 19.8 Å². The number of hydroxylamine groups is 2. The largest absolute Gasteiger partial charge is 0.328 e. The van der Waals surface area contributed by atoms with E-state index in [2.05, 4.69) is 6.92 Å². The van der Waals surface area contributed by atoms with Gasteiger partial charge in [-0.2, -0.15) is 5.06 Å². The summed E-state index contributed by atoms with van der Waals surface area (Å²) in [6.07, 6.45) is 2.17. The summed E-state index contributed by atoms with van der Waals surface area (Å²) < 4.78 is 0. The zero-order valence-electron chi connectivity index (χ0n) is 6.71. The minimum atomic E-state index is 0.411. The first-order valence-electron chi connectivity index (χ1n) is 3.84. The highest BCUT2D eigenvalue weighted by Gasteiger charge is 2.30. The summed E-state index contributed by atoms with van der Waals surface area (Å²) in [6, 6.07) is 0.985. The highest BCUT2D eigenvalue weighted by atomic mass is 16.7. The van der Waals surface area contributed by atoms with Crippen LogP contribution in [0.25, 0.3) is 0 Å². The van der Waals surface area contributed by atoms with Crippen molar-refractivity contribution < 1.29 is 4.84 Å². The maximum atomic E-state index is 5.63. The fourth-order valence-electron chi connectivity index (χ4n) is 1.40. The highest BCUT2D eigenvalue weighted by Crippen LogP contribution is 2.23. The molecule has 0 heterocycles. The van der Waals surface area contributed by atoms with Crippen molar-refractivity contribution in [1.82, 2.24) is 5.06 Å². The lowest BCUT2D eigenvalue weighted by Crippen LogP contribution is -2.50. The lowest BCUT2D eigenvalue weighted by Gasteiger charge is -2.39. The third-order valence-corrected chi connectivity index (χ3v) is 2.10. The predicted molar refractivity (Wildman–Crippen MR) is 40.4 cm³/mol. The van der Waals surface area contributed by atoms with Gasteiger partial charge in [-0.1, -0.05) is 6.92 Å². The Morgan fingerprint density at radius 3 is 2.50 bits per heavy atom. The normalized spacial score (nSPS) is 32.4. The molecule has 1 fully saturated rings. The van der Waals surface area contributed by atoms with Crippen LogP contribution in [0.4, 0.5) is 0 Å². The summed E-state index contributed by atoms with van der Waals surface area (Å²) in [4.78, 5) is 5.13. The van der Waals surface area contributed by atoms with Crippen LogP contribution in [0.5, 0.6) is 0 Å². The molecule has 0 amide bonds. The molecule has 2 N–H and O–H groups in total. The lowest BCUT2D eigenvalue weighted by atomic mass is 9.87. The van der Waals surface area contributed by atoms with Crippen LogP contribution in [-0.2, 0) is 4.84 Å². The van der Waals surface area contributed by atoms with Crippen molar-refractivity contribution in [3.05, 3.63) is 0 Å². The fourth-order valence-corrected chi connectivity index (χ4v) is 1.40. The van der Waals surface area contributed by atoms with Gasteiger partial charge in [-0.15, -0.1) is 0 Å². The summed E-state index contributed by atoms with van der Waals surface area (Å²) >= 11 is 0. The van der Waals surface area contributed by atoms with Crippen molar-refractivity contribution in [1.29, 1.82) is 0 Å². The zero-order chi connectivity index (χ0) is 7.56. The van der Waals surface area contributed by atoms with Gasteiger partial charge in [0.1, 0.15) is 0 Å². The molecule has 60 valence electrons. The average molecular weight is 144 g/mol. The Hall–Kier alpha value is -0.120. The first kappa shape index (κ1) is 7.98. The third kappa shape index (κ3) is 1.48. The second-order valence-corrected chi connectivity index (χ2v) is 2.80. The number of hydrogen-bond acceptors (Lipinski definition) is 3. The monoisotopic (exact) mass is 144 g/mol. The highest BCUT2D eigenvalue weighted by molar-refractivity contribution is 4.86. The van der Waals surface area contributed by atoms with E-state index in [-0.39, 0.29) is 0 Å². The van der Waals surface area contributed by atoms with Gasteiger partial charge in [0.2, 0.25) is 0 Å². The van der Waals surface area contributed by atoms with E-state index in [9.17, 15) is 0 Å². The number of nitrogens with two attached hydrogens (primary N) is 1. The molecule has 1 saturated carbocycles. The summed E-state index contributed by atoms with van der Waals surface area (Å²) in [5.41, 5.74) is 5.63. The van der Waals surface area contributed by atoms with E-state index in [1.165, 1.54) is 0 Å². The van der Waals surface area contributed by atoms with Crippen LogP contribution in [0.2, 0.25) is 0 Å². The topological polar surface area (TPSA) is 38.5 Å². The molecule has 0 spiro atoms.